The second-order valence-corrected chi connectivity index (χ2v) is 5.48. The molecule has 0 spiro atoms. The number of halogens is 1. The Morgan fingerprint density at radius 2 is 2.30 bits per heavy atom. The minimum Gasteiger partial charge on any atom is -0.497 e. The predicted octanol–water partition coefficient (Wildman–Crippen LogP) is 3.33. The molecule has 2 aromatic heterocycles. The molecule has 0 unspecified atom stereocenters. The Bertz CT molecular complexity index is 709. The molecule has 0 bridgehead atoms. The van der Waals surface area contributed by atoms with Gasteiger partial charge in [-0.1, -0.05) is 0 Å². The lowest BCUT2D eigenvalue weighted by molar-refractivity contribution is 0.415. The summed E-state index contributed by atoms with van der Waals surface area (Å²) in [5.74, 6) is 2.36. The summed E-state index contributed by atoms with van der Waals surface area (Å²) in [7, 11) is 1.67. The van der Waals surface area contributed by atoms with Gasteiger partial charge in [0.05, 0.1) is 35.9 Å². The maximum atomic E-state index is 5.88. The molecule has 6 heteroatoms. The molecule has 0 aliphatic rings. The summed E-state index contributed by atoms with van der Waals surface area (Å²) in [5, 5.41) is 2.05. The number of aryl methyl sites for hydroxylation is 1. The molecular weight excluding hydrogens is 294 g/mol. The first-order valence-corrected chi connectivity index (χ1v) is 7.75. The Morgan fingerprint density at radius 3 is 3.00 bits per heavy atom. The minimum absolute atomic E-state index is 0.553. The van der Waals surface area contributed by atoms with Crippen molar-refractivity contribution in [3.8, 4) is 5.75 Å². The number of ether oxygens (including phenoxy) is 1. The zero-order chi connectivity index (χ0) is 13.9. The van der Waals surface area contributed by atoms with Gasteiger partial charge in [-0.25, -0.2) is 9.97 Å². The van der Waals surface area contributed by atoms with Crippen molar-refractivity contribution in [2.75, 3.05) is 13.0 Å². The standard InChI is InChI=1S/C14H14ClN3OS/c1-19-11-2-3-12-13(6-11)18(14(17-12)4-5-15)7-10-8-20-9-16-10/h2-3,6,8-9H,4-5,7H2,1H3. The van der Waals surface area contributed by atoms with E-state index in [2.05, 4.69) is 19.9 Å². The van der Waals surface area contributed by atoms with Crippen LogP contribution in [-0.2, 0) is 13.0 Å². The first kappa shape index (κ1) is 13.4. The Hall–Kier alpha value is -1.59. The number of hydrogen-bond acceptors (Lipinski definition) is 4. The normalized spacial score (nSPS) is 11.1. The number of alkyl halides is 1. The summed E-state index contributed by atoms with van der Waals surface area (Å²) < 4.78 is 7.46. The molecule has 2 heterocycles. The second-order valence-electron chi connectivity index (χ2n) is 4.39. The van der Waals surface area contributed by atoms with Gasteiger partial charge < -0.3 is 9.30 Å². The Labute approximate surface area is 126 Å². The van der Waals surface area contributed by atoms with Gasteiger partial charge in [0, 0.05) is 23.7 Å². The molecule has 1 aromatic carbocycles. The Morgan fingerprint density at radius 1 is 1.40 bits per heavy atom. The number of aromatic nitrogens is 3. The van der Waals surface area contributed by atoms with E-state index < -0.39 is 0 Å². The summed E-state index contributed by atoms with van der Waals surface area (Å²) in [6.45, 7) is 0.708. The van der Waals surface area contributed by atoms with Gasteiger partial charge in [0.2, 0.25) is 0 Å². The topological polar surface area (TPSA) is 39.9 Å². The van der Waals surface area contributed by atoms with E-state index in [1.165, 1.54) is 0 Å². The van der Waals surface area contributed by atoms with E-state index in [0.29, 0.717) is 12.4 Å². The Kier molecular flexibility index (Phi) is 3.89. The van der Waals surface area contributed by atoms with Gasteiger partial charge in [-0.05, 0) is 12.1 Å². The maximum absolute atomic E-state index is 5.88. The van der Waals surface area contributed by atoms with E-state index >= 15 is 0 Å². The second kappa shape index (κ2) is 5.81. The summed E-state index contributed by atoms with van der Waals surface area (Å²) >= 11 is 7.48. The average Bonchev–Trinajstić information content (AvgIpc) is 3.08. The lowest BCUT2D eigenvalue weighted by atomic mass is 10.3. The first-order valence-electron chi connectivity index (χ1n) is 6.28. The number of imidazole rings is 1. The van der Waals surface area contributed by atoms with Gasteiger partial charge >= 0.3 is 0 Å². The highest BCUT2D eigenvalue weighted by molar-refractivity contribution is 7.07. The van der Waals surface area contributed by atoms with Crippen LogP contribution in [0.25, 0.3) is 11.0 Å². The van der Waals surface area contributed by atoms with Gasteiger partial charge in [0.25, 0.3) is 0 Å². The van der Waals surface area contributed by atoms with Crippen molar-refractivity contribution in [2.45, 2.75) is 13.0 Å². The van der Waals surface area contributed by atoms with Gasteiger partial charge in [-0.15, -0.1) is 22.9 Å². The lowest BCUT2D eigenvalue weighted by Gasteiger charge is -2.07. The van der Waals surface area contributed by atoms with E-state index in [9.17, 15) is 0 Å². The van der Waals surface area contributed by atoms with E-state index in [0.717, 1.165) is 34.7 Å². The molecule has 0 radical (unpaired) electrons. The first-order chi connectivity index (χ1) is 9.81. The average molecular weight is 308 g/mol. The number of methoxy groups -OCH3 is 1. The number of fused-ring (bicyclic) bond motifs is 1. The molecular formula is C14H14ClN3OS. The van der Waals surface area contributed by atoms with E-state index in [-0.39, 0.29) is 0 Å². The molecule has 3 aromatic rings. The van der Waals surface area contributed by atoms with Crippen LogP contribution in [0.3, 0.4) is 0 Å². The third-order valence-electron chi connectivity index (χ3n) is 3.16. The summed E-state index contributed by atoms with van der Waals surface area (Å²) in [6, 6.07) is 5.91. The molecule has 0 aliphatic carbocycles. The fourth-order valence-corrected chi connectivity index (χ4v) is 2.93. The highest BCUT2D eigenvalue weighted by Crippen LogP contribution is 2.23. The highest BCUT2D eigenvalue weighted by atomic mass is 35.5. The van der Waals surface area contributed by atoms with Crippen LogP contribution < -0.4 is 4.74 Å². The summed E-state index contributed by atoms with van der Waals surface area (Å²) in [5.41, 5.74) is 4.89. The van der Waals surface area contributed by atoms with Crippen LogP contribution in [0, 0.1) is 0 Å². The molecule has 3 rings (SSSR count). The molecule has 4 nitrogen and oxygen atoms in total. The van der Waals surface area contributed by atoms with Crippen LogP contribution in [-0.4, -0.2) is 27.5 Å². The molecule has 0 atom stereocenters. The van der Waals surface area contributed by atoms with Gasteiger partial charge in [0.1, 0.15) is 11.6 Å². The third kappa shape index (κ3) is 2.51. The van der Waals surface area contributed by atoms with Crippen molar-refractivity contribution in [2.24, 2.45) is 0 Å². The van der Waals surface area contributed by atoms with Crippen molar-refractivity contribution in [1.29, 1.82) is 0 Å². The number of benzene rings is 1. The van der Waals surface area contributed by atoms with E-state index in [1.807, 2.05) is 23.7 Å². The molecule has 0 fully saturated rings. The van der Waals surface area contributed by atoms with Crippen LogP contribution in [0.15, 0.2) is 29.1 Å². The van der Waals surface area contributed by atoms with Crippen molar-refractivity contribution >= 4 is 34.0 Å². The lowest BCUT2D eigenvalue weighted by Crippen LogP contribution is -2.06. The largest absolute Gasteiger partial charge is 0.497 e. The van der Waals surface area contributed by atoms with Gasteiger partial charge in [0.15, 0.2) is 0 Å². The Balaban J connectivity index is 2.11. The van der Waals surface area contributed by atoms with Crippen molar-refractivity contribution in [1.82, 2.24) is 14.5 Å². The summed E-state index contributed by atoms with van der Waals surface area (Å²) in [4.78, 5) is 9.00. The molecule has 0 amide bonds. The van der Waals surface area contributed by atoms with Crippen LogP contribution >= 0.6 is 22.9 Å². The van der Waals surface area contributed by atoms with Crippen LogP contribution in [0.1, 0.15) is 11.5 Å². The molecule has 0 aliphatic heterocycles. The summed E-state index contributed by atoms with van der Waals surface area (Å²) in [6.07, 6.45) is 0.739. The van der Waals surface area contributed by atoms with Crippen molar-refractivity contribution in [3.63, 3.8) is 0 Å². The fraction of sp³-hybridized carbons (Fsp3) is 0.286. The molecule has 20 heavy (non-hydrogen) atoms. The third-order valence-corrected chi connectivity index (χ3v) is 3.98. The van der Waals surface area contributed by atoms with Crippen LogP contribution in [0.2, 0.25) is 0 Å². The highest BCUT2D eigenvalue weighted by Gasteiger charge is 2.12. The zero-order valence-corrected chi connectivity index (χ0v) is 12.6. The quantitative estimate of drug-likeness (QED) is 0.679. The number of thiazole rings is 1. The monoisotopic (exact) mass is 307 g/mol. The van der Waals surface area contributed by atoms with Gasteiger partial charge in [-0.3, -0.25) is 0 Å². The zero-order valence-electron chi connectivity index (χ0n) is 11.0. The number of rotatable bonds is 5. The number of nitrogens with zero attached hydrogens (tertiary/aromatic N) is 3. The molecule has 0 N–H and O–H groups in total. The van der Waals surface area contributed by atoms with E-state index in [1.54, 1.807) is 18.4 Å². The maximum Gasteiger partial charge on any atom is 0.121 e. The van der Waals surface area contributed by atoms with Crippen molar-refractivity contribution < 1.29 is 4.74 Å². The van der Waals surface area contributed by atoms with Crippen LogP contribution in [0.5, 0.6) is 5.75 Å². The fourth-order valence-electron chi connectivity index (χ4n) is 2.21. The predicted molar refractivity (Wildman–Crippen MR) is 81.9 cm³/mol. The minimum atomic E-state index is 0.553. The number of hydrogen-bond donors (Lipinski definition) is 0. The molecule has 0 saturated carbocycles. The smallest absolute Gasteiger partial charge is 0.121 e. The van der Waals surface area contributed by atoms with E-state index in [4.69, 9.17) is 16.3 Å². The molecule has 0 saturated heterocycles. The molecule has 104 valence electrons. The van der Waals surface area contributed by atoms with Gasteiger partial charge in [-0.2, -0.15) is 0 Å². The van der Waals surface area contributed by atoms with Crippen LogP contribution in [0.4, 0.5) is 0 Å². The SMILES string of the molecule is COc1ccc2nc(CCCl)n(Cc3cscn3)c2c1. The van der Waals surface area contributed by atoms with Crippen molar-refractivity contribution in [3.05, 3.63) is 40.6 Å².